The van der Waals surface area contributed by atoms with Crippen molar-refractivity contribution in [3.05, 3.63) is 44.1 Å². The zero-order valence-corrected chi connectivity index (χ0v) is 12.7. The molecule has 0 atom stereocenters. The number of hydrogen-bond acceptors (Lipinski definition) is 6. The van der Waals surface area contributed by atoms with Gasteiger partial charge in [-0.05, 0) is 25.1 Å². The van der Waals surface area contributed by atoms with Gasteiger partial charge in [-0.15, -0.1) is 0 Å². The number of hydrogen-bond donors (Lipinski definition) is 2. The molecule has 0 amide bonds. The van der Waals surface area contributed by atoms with E-state index in [0.717, 1.165) is 0 Å². The Labute approximate surface area is 130 Å². The fourth-order valence-electron chi connectivity index (χ4n) is 1.70. The summed E-state index contributed by atoms with van der Waals surface area (Å²) < 4.78 is 0. The summed E-state index contributed by atoms with van der Waals surface area (Å²) in [6, 6.07) is 4.77. The molecule has 0 saturated heterocycles. The van der Waals surface area contributed by atoms with Crippen molar-refractivity contribution in [1.29, 1.82) is 0 Å². The van der Waals surface area contributed by atoms with Crippen LogP contribution in [0, 0.1) is 17.0 Å². The summed E-state index contributed by atoms with van der Waals surface area (Å²) in [4.78, 5) is 18.7. The highest BCUT2D eigenvalue weighted by atomic mass is 35.5. The van der Waals surface area contributed by atoms with Crippen LogP contribution >= 0.6 is 23.2 Å². The molecule has 0 unspecified atom stereocenters. The Balaban J connectivity index is 2.51. The van der Waals surface area contributed by atoms with Crippen LogP contribution < -0.4 is 10.6 Å². The third-order valence-electron chi connectivity index (χ3n) is 2.65. The van der Waals surface area contributed by atoms with E-state index in [2.05, 4.69) is 20.6 Å². The molecule has 0 spiro atoms. The van der Waals surface area contributed by atoms with Crippen LogP contribution in [0.4, 0.5) is 23.1 Å². The molecular weight excluding hydrogens is 317 g/mol. The van der Waals surface area contributed by atoms with E-state index in [1.165, 1.54) is 13.0 Å². The van der Waals surface area contributed by atoms with Gasteiger partial charge in [0, 0.05) is 12.1 Å². The Morgan fingerprint density at radius 1 is 1.29 bits per heavy atom. The lowest BCUT2D eigenvalue weighted by atomic mass is 10.3. The van der Waals surface area contributed by atoms with Crippen molar-refractivity contribution in [3.8, 4) is 0 Å². The third-order valence-corrected chi connectivity index (χ3v) is 3.20. The van der Waals surface area contributed by atoms with Gasteiger partial charge in [-0.2, -0.15) is 4.98 Å². The number of rotatable bonds is 4. The Morgan fingerprint density at radius 2 is 2.00 bits per heavy atom. The summed E-state index contributed by atoms with van der Waals surface area (Å²) in [7, 11) is 1.62. The van der Waals surface area contributed by atoms with Gasteiger partial charge in [0.2, 0.25) is 11.8 Å². The van der Waals surface area contributed by atoms with Crippen LogP contribution in [0.2, 0.25) is 10.0 Å². The number of benzene rings is 1. The van der Waals surface area contributed by atoms with Crippen LogP contribution in [0.15, 0.2) is 18.2 Å². The van der Waals surface area contributed by atoms with Crippen molar-refractivity contribution < 1.29 is 4.92 Å². The van der Waals surface area contributed by atoms with Crippen molar-refractivity contribution in [2.24, 2.45) is 0 Å². The zero-order valence-electron chi connectivity index (χ0n) is 11.1. The molecule has 2 rings (SSSR count). The second kappa shape index (κ2) is 6.11. The van der Waals surface area contributed by atoms with Gasteiger partial charge >= 0.3 is 5.69 Å². The predicted octanol–water partition coefficient (Wildman–Crippen LogP) is 3.79. The summed E-state index contributed by atoms with van der Waals surface area (Å²) >= 11 is 11.9. The number of halogens is 2. The lowest BCUT2D eigenvalue weighted by Crippen LogP contribution is -2.07. The predicted molar refractivity (Wildman–Crippen MR) is 82.7 cm³/mol. The molecule has 110 valence electrons. The summed E-state index contributed by atoms with van der Waals surface area (Å²) in [6.07, 6.45) is 0. The molecule has 0 saturated carbocycles. The fraction of sp³-hybridized carbons (Fsp3) is 0.167. The first-order valence-corrected chi connectivity index (χ1v) is 6.61. The Morgan fingerprint density at radius 3 is 2.57 bits per heavy atom. The van der Waals surface area contributed by atoms with Gasteiger partial charge in [0.15, 0.2) is 0 Å². The van der Waals surface area contributed by atoms with Gasteiger partial charge in [0.1, 0.15) is 5.69 Å². The van der Waals surface area contributed by atoms with E-state index in [9.17, 15) is 10.1 Å². The molecule has 0 aliphatic rings. The number of nitrogens with zero attached hydrogens (tertiary/aromatic N) is 3. The Hall–Kier alpha value is -2.12. The first kappa shape index (κ1) is 15.3. The summed E-state index contributed by atoms with van der Waals surface area (Å²) in [5.74, 6) is 0.326. The van der Waals surface area contributed by atoms with Crippen LogP contribution in [0.1, 0.15) is 5.69 Å². The summed E-state index contributed by atoms with van der Waals surface area (Å²) in [6.45, 7) is 1.54. The molecule has 1 heterocycles. The Kier molecular flexibility index (Phi) is 4.44. The average molecular weight is 328 g/mol. The maximum Gasteiger partial charge on any atom is 0.332 e. The van der Waals surface area contributed by atoms with Gasteiger partial charge in [0.05, 0.1) is 15.6 Å². The first-order valence-electron chi connectivity index (χ1n) is 5.85. The maximum atomic E-state index is 11.2. The number of nitro groups is 1. The van der Waals surface area contributed by atoms with E-state index in [-0.39, 0.29) is 23.1 Å². The molecule has 2 N–H and O–H groups in total. The highest BCUT2D eigenvalue weighted by Gasteiger charge is 2.22. The third kappa shape index (κ3) is 3.32. The quantitative estimate of drug-likeness (QED) is 0.655. The van der Waals surface area contributed by atoms with Crippen LogP contribution in [0.25, 0.3) is 0 Å². The topological polar surface area (TPSA) is 93.0 Å². The van der Waals surface area contributed by atoms with Gasteiger partial charge in [0.25, 0.3) is 0 Å². The highest BCUT2D eigenvalue weighted by Crippen LogP contribution is 2.33. The Bertz CT molecular complexity index is 708. The van der Waals surface area contributed by atoms with Gasteiger partial charge < -0.3 is 10.6 Å². The van der Waals surface area contributed by atoms with Crippen LogP contribution in [0.5, 0.6) is 0 Å². The van der Waals surface area contributed by atoms with Crippen molar-refractivity contribution in [2.45, 2.75) is 6.92 Å². The van der Waals surface area contributed by atoms with Crippen molar-refractivity contribution in [3.63, 3.8) is 0 Å². The molecule has 0 aliphatic carbocycles. The molecule has 1 aromatic heterocycles. The molecule has 7 nitrogen and oxygen atoms in total. The van der Waals surface area contributed by atoms with Crippen molar-refractivity contribution in [2.75, 3.05) is 17.7 Å². The van der Waals surface area contributed by atoms with E-state index >= 15 is 0 Å². The van der Waals surface area contributed by atoms with E-state index in [1.807, 2.05) is 0 Å². The largest absolute Gasteiger partial charge is 0.357 e. The molecular formula is C12H11Cl2N5O2. The molecule has 0 radical (unpaired) electrons. The molecule has 9 heteroatoms. The fourth-order valence-corrected chi connectivity index (χ4v) is 2.16. The van der Waals surface area contributed by atoms with Crippen molar-refractivity contribution in [1.82, 2.24) is 9.97 Å². The lowest BCUT2D eigenvalue weighted by Gasteiger charge is -2.10. The minimum atomic E-state index is -0.541. The normalized spacial score (nSPS) is 10.3. The van der Waals surface area contributed by atoms with Crippen LogP contribution in [-0.2, 0) is 0 Å². The minimum Gasteiger partial charge on any atom is -0.357 e. The van der Waals surface area contributed by atoms with E-state index < -0.39 is 4.92 Å². The first-order chi connectivity index (χ1) is 9.92. The van der Waals surface area contributed by atoms with E-state index in [0.29, 0.717) is 15.7 Å². The van der Waals surface area contributed by atoms with Gasteiger partial charge in [-0.25, -0.2) is 4.98 Å². The smallest absolute Gasteiger partial charge is 0.332 e. The molecule has 0 bridgehead atoms. The molecule has 21 heavy (non-hydrogen) atoms. The molecule has 2 aromatic rings. The highest BCUT2D eigenvalue weighted by molar-refractivity contribution is 6.36. The molecule has 0 aliphatic heterocycles. The summed E-state index contributed by atoms with van der Waals surface area (Å²) in [5, 5.41) is 17.6. The molecule has 1 aromatic carbocycles. The van der Waals surface area contributed by atoms with Gasteiger partial charge in [-0.1, -0.05) is 23.2 Å². The standard InChI is InChI=1S/C12H11Cl2N5O2/c1-6-10(19(20)21)11(18-12(15-2)16-6)17-9-4-3-7(13)5-8(9)14/h3-5H,1-2H3,(H2,15,16,17,18). The van der Waals surface area contributed by atoms with Crippen LogP contribution in [0.3, 0.4) is 0 Å². The van der Waals surface area contributed by atoms with Crippen LogP contribution in [-0.4, -0.2) is 21.9 Å². The monoisotopic (exact) mass is 327 g/mol. The van der Waals surface area contributed by atoms with E-state index in [1.54, 1.807) is 19.2 Å². The number of aryl methyl sites for hydroxylation is 1. The van der Waals surface area contributed by atoms with Gasteiger partial charge in [-0.3, -0.25) is 10.1 Å². The van der Waals surface area contributed by atoms with E-state index in [4.69, 9.17) is 23.2 Å². The molecule has 0 fully saturated rings. The number of aromatic nitrogens is 2. The number of anilines is 3. The second-order valence-corrected chi connectivity index (χ2v) is 4.93. The lowest BCUT2D eigenvalue weighted by molar-refractivity contribution is -0.385. The van der Waals surface area contributed by atoms with Crippen molar-refractivity contribution >= 4 is 46.3 Å². The number of nitrogens with one attached hydrogen (secondary N) is 2. The minimum absolute atomic E-state index is 0.0565. The second-order valence-electron chi connectivity index (χ2n) is 4.09. The zero-order chi connectivity index (χ0) is 15.6. The maximum absolute atomic E-state index is 11.2. The summed E-state index contributed by atoms with van der Waals surface area (Å²) in [5.41, 5.74) is 0.497. The average Bonchev–Trinajstić information content (AvgIpc) is 2.40. The SMILES string of the molecule is CNc1nc(C)c([N+](=O)[O-])c(Nc2ccc(Cl)cc2Cl)n1.